The Bertz CT molecular complexity index is 970. The molecule has 0 aromatic heterocycles. The van der Waals surface area contributed by atoms with Gasteiger partial charge in [0.1, 0.15) is 6.17 Å². The van der Waals surface area contributed by atoms with Crippen LogP contribution in [0.3, 0.4) is 0 Å². The van der Waals surface area contributed by atoms with Crippen LogP contribution in [0.2, 0.25) is 0 Å². The third-order valence-electron chi connectivity index (χ3n) is 7.22. The van der Waals surface area contributed by atoms with Crippen LogP contribution >= 0.6 is 0 Å². The molecule has 2 heterocycles. The van der Waals surface area contributed by atoms with Crippen LogP contribution in [0.25, 0.3) is 5.57 Å². The predicted molar refractivity (Wildman–Crippen MR) is 121 cm³/mol. The number of anilines is 1. The molecule has 1 N–H and O–H groups in total. The first-order chi connectivity index (χ1) is 14.5. The highest BCUT2D eigenvalue weighted by molar-refractivity contribution is 6.06. The van der Waals surface area contributed by atoms with Gasteiger partial charge in [0.25, 0.3) is 0 Å². The minimum absolute atomic E-state index is 0.136. The summed E-state index contributed by atoms with van der Waals surface area (Å²) in [6.07, 6.45) is 4.91. The molecule has 1 aromatic carbocycles. The monoisotopic (exact) mass is 423 g/mol. The minimum atomic E-state index is -0.684. The summed E-state index contributed by atoms with van der Waals surface area (Å²) >= 11 is 0. The molecule has 166 valence electrons. The van der Waals surface area contributed by atoms with Gasteiger partial charge < -0.3 is 5.32 Å². The molecule has 4 rings (SSSR count). The summed E-state index contributed by atoms with van der Waals surface area (Å²) in [5.74, 6) is -0.709. The number of hydrogen-bond acceptors (Lipinski definition) is 3. The highest BCUT2D eigenvalue weighted by Gasteiger charge is 2.50. The Morgan fingerprint density at radius 2 is 1.58 bits per heavy atom. The first-order valence-electron chi connectivity index (χ1n) is 11.3. The molecule has 0 bridgehead atoms. The van der Waals surface area contributed by atoms with E-state index in [0.717, 1.165) is 48.1 Å². The number of carbonyl (C=O) groups is 3. The fraction of sp³-hybridized carbons (Fsp3) is 0.560. The Kier molecular flexibility index (Phi) is 5.23. The van der Waals surface area contributed by atoms with Crippen molar-refractivity contribution in [2.45, 2.75) is 78.9 Å². The van der Waals surface area contributed by atoms with E-state index in [-0.39, 0.29) is 29.7 Å². The number of nitrogens with zero attached hydrogens (tertiary/aromatic N) is 2. The van der Waals surface area contributed by atoms with Crippen LogP contribution in [0.4, 0.5) is 10.5 Å². The number of nitrogens with one attached hydrogen (secondary N) is 1. The maximum Gasteiger partial charge on any atom is 0.324 e. The van der Waals surface area contributed by atoms with Crippen LogP contribution in [0.1, 0.15) is 70.1 Å². The van der Waals surface area contributed by atoms with E-state index in [1.165, 1.54) is 10.5 Å². The first kappa shape index (κ1) is 21.6. The molecule has 2 fully saturated rings. The van der Waals surface area contributed by atoms with Gasteiger partial charge in [0, 0.05) is 5.56 Å². The van der Waals surface area contributed by atoms with Crippen molar-refractivity contribution in [2.24, 2.45) is 11.8 Å². The number of urea groups is 1. The van der Waals surface area contributed by atoms with Crippen molar-refractivity contribution in [2.75, 3.05) is 4.90 Å². The topological polar surface area (TPSA) is 69.7 Å². The molecule has 1 saturated carbocycles. The van der Waals surface area contributed by atoms with Gasteiger partial charge in [0.05, 0.1) is 23.1 Å². The molecule has 0 unspecified atom stereocenters. The number of benzene rings is 1. The van der Waals surface area contributed by atoms with Gasteiger partial charge in [-0.25, -0.2) is 4.79 Å². The molecule has 3 aliphatic rings. The van der Waals surface area contributed by atoms with E-state index in [4.69, 9.17) is 0 Å². The average Bonchev–Trinajstić information content (AvgIpc) is 2.94. The van der Waals surface area contributed by atoms with Gasteiger partial charge in [-0.05, 0) is 83.2 Å². The normalized spacial score (nSPS) is 25.7. The summed E-state index contributed by atoms with van der Waals surface area (Å²) < 4.78 is 0. The van der Waals surface area contributed by atoms with Crippen LogP contribution in [0, 0.1) is 25.7 Å². The molecule has 31 heavy (non-hydrogen) atoms. The van der Waals surface area contributed by atoms with E-state index in [2.05, 4.69) is 31.3 Å². The van der Waals surface area contributed by atoms with Crippen LogP contribution in [-0.2, 0) is 9.59 Å². The Labute approximate surface area is 184 Å². The maximum atomic E-state index is 13.5. The average molecular weight is 424 g/mol. The van der Waals surface area contributed by atoms with Crippen LogP contribution in [0.5, 0.6) is 0 Å². The van der Waals surface area contributed by atoms with Crippen molar-refractivity contribution in [3.63, 3.8) is 0 Å². The summed E-state index contributed by atoms with van der Waals surface area (Å²) in [5, 5.41) is 2.95. The Morgan fingerprint density at radius 1 is 1.03 bits per heavy atom. The summed E-state index contributed by atoms with van der Waals surface area (Å²) in [7, 11) is 0. The fourth-order valence-corrected chi connectivity index (χ4v) is 5.53. The van der Waals surface area contributed by atoms with E-state index in [9.17, 15) is 14.4 Å². The standard InChI is InChI=1S/C25H33N3O3/c1-14-11-20-16(3)13-25(5,6)28(21(20)12-15(14)2)24(31)26-17(4)27-22(29)18-9-7-8-10-19(18)23(27)30/h11-13,17-19H,7-10H2,1-6H3,(H,26,31)/t17-,18+,19+/m0/s1. The number of amides is 4. The second-order valence-corrected chi connectivity index (χ2v) is 9.94. The van der Waals surface area contributed by atoms with Gasteiger partial charge in [-0.3, -0.25) is 19.4 Å². The SMILES string of the molecule is CC1=CC(C)(C)N(C(=O)N[C@H](C)N2C(=O)[C@@H]3CCCC[C@H]3C2=O)c2cc(C)c(C)cc21. The molecule has 0 radical (unpaired) electrons. The lowest BCUT2D eigenvalue weighted by Crippen LogP contribution is -2.58. The number of carbonyl (C=O) groups excluding carboxylic acids is 3. The lowest BCUT2D eigenvalue weighted by molar-refractivity contribution is -0.142. The maximum absolute atomic E-state index is 13.5. The van der Waals surface area contributed by atoms with Crippen molar-refractivity contribution >= 4 is 29.1 Å². The third kappa shape index (κ3) is 3.46. The number of imide groups is 1. The highest BCUT2D eigenvalue weighted by Crippen LogP contribution is 2.41. The molecule has 6 nitrogen and oxygen atoms in total. The van der Waals surface area contributed by atoms with Gasteiger partial charge in [-0.1, -0.05) is 18.9 Å². The van der Waals surface area contributed by atoms with Gasteiger partial charge >= 0.3 is 6.03 Å². The molecule has 4 amide bonds. The summed E-state index contributed by atoms with van der Waals surface area (Å²) in [4.78, 5) is 42.4. The molecular weight excluding hydrogens is 390 g/mol. The van der Waals surface area contributed by atoms with Crippen molar-refractivity contribution in [3.8, 4) is 0 Å². The summed E-state index contributed by atoms with van der Waals surface area (Å²) in [6.45, 7) is 11.9. The zero-order valence-corrected chi connectivity index (χ0v) is 19.4. The Hall–Kier alpha value is -2.63. The van der Waals surface area contributed by atoms with E-state index in [1.54, 1.807) is 11.8 Å². The van der Waals surface area contributed by atoms with Crippen molar-refractivity contribution in [1.82, 2.24) is 10.2 Å². The lowest BCUT2D eigenvalue weighted by Gasteiger charge is -2.42. The van der Waals surface area contributed by atoms with Crippen molar-refractivity contribution < 1.29 is 14.4 Å². The van der Waals surface area contributed by atoms with Gasteiger partial charge in [-0.2, -0.15) is 0 Å². The lowest BCUT2D eigenvalue weighted by atomic mass is 9.81. The zero-order valence-electron chi connectivity index (χ0n) is 19.4. The molecular formula is C25H33N3O3. The zero-order chi connectivity index (χ0) is 22.7. The number of fused-ring (bicyclic) bond motifs is 2. The quantitative estimate of drug-likeness (QED) is 0.710. The third-order valence-corrected chi connectivity index (χ3v) is 7.22. The molecule has 2 aliphatic heterocycles. The smallest absolute Gasteiger partial charge is 0.317 e. The highest BCUT2D eigenvalue weighted by atomic mass is 16.2. The number of likely N-dealkylation sites (tertiary alicyclic amines) is 1. The fourth-order valence-electron chi connectivity index (χ4n) is 5.53. The number of allylic oxidation sites excluding steroid dienone is 1. The summed E-state index contributed by atoms with van der Waals surface area (Å²) in [6, 6.07) is 3.86. The van der Waals surface area contributed by atoms with Crippen molar-refractivity contribution in [3.05, 3.63) is 34.9 Å². The molecule has 3 atom stereocenters. The number of hydrogen-bond donors (Lipinski definition) is 1. The van der Waals surface area contributed by atoms with Crippen LogP contribution < -0.4 is 10.2 Å². The van der Waals surface area contributed by atoms with E-state index >= 15 is 0 Å². The molecule has 0 spiro atoms. The van der Waals surface area contributed by atoms with Gasteiger partial charge in [0.15, 0.2) is 0 Å². The largest absolute Gasteiger partial charge is 0.324 e. The minimum Gasteiger partial charge on any atom is -0.317 e. The van der Waals surface area contributed by atoms with Crippen LogP contribution in [-0.4, -0.2) is 34.5 Å². The molecule has 1 saturated heterocycles. The Balaban J connectivity index is 1.62. The van der Waals surface area contributed by atoms with Crippen LogP contribution in [0.15, 0.2) is 18.2 Å². The molecule has 6 heteroatoms. The van der Waals surface area contributed by atoms with Crippen molar-refractivity contribution in [1.29, 1.82) is 0 Å². The van der Waals surface area contributed by atoms with Gasteiger partial charge in [-0.15, -0.1) is 0 Å². The molecule has 1 aromatic rings. The van der Waals surface area contributed by atoms with Gasteiger partial charge in [0.2, 0.25) is 11.8 Å². The molecule has 1 aliphatic carbocycles. The van der Waals surface area contributed by atoms with E-state index < -0.39 is 11.7 Å². The second kappa shape index (κ2) is 7.50. The summed E-state index contributed by atoms with van der Waals surface area (Å²) in [5.41, 5.74) is 4.76. The predicted octanol–water partition coefficient (Wildman–Crippen LogP) is 4.54. The van der Waals surface area contributed by atoms with E-state index in [1.807, 2.05) is 26.8 Å². The number of aryl methyl sites for hydroxylation is 2. The second-order valence-electron chi connectivity index (χ2n) is 9.94. The number of rotatable bonds is 2. The first-order valence-corrected chi connectivity index (χ1v) is 11.3. The van der Waals surface area contributed by atoms with E-state index in [0.29, 0.717) is 0 Å². The Morgan fingerprint density at radius 3 is 2.16 bits per heavy atom.